The summed E-state index contributed by atoms with van der Waals surface area (Å²) < 4.78 is 0. The molecule has 2 rings (SSSR count). The zero-order valence-electron chi connectivity index (χ0n) is 11.7. The second kappa shape index (κ2) is 6.68. The quantitative estimate of drug-likeness (QED) is 0.847. The van der Waals surface area contributed by atoms with Gasteiger partial charge in [0.1, 0.15) is 0 Å². The summed E-state index contributed by atoms with van der Waals surface area (Å²) in [6.45, 7) is 3.57. The minimum atomic E-state index is -0.854. The number of nitrogens with zero attached hydrogens (tertiary/aromatic N) is 2. The van der Waals surface area contributed by atoms with Crippen molar-refractivity contribution in [3.63, 3.8) is 0 Å². The van der Waals surface area contributed by atoms with E-state index in [-0.39, 0.29) is 18.4 Å². The third kappa shape index (κ3) is 4.27. The molecule has 0 spiro atoms. The highest BCUT2D eigenvalue weighted by molar-refractivity contribution is 7.18. The molecule has 0 aliphatic carbocycles. The Bertz CT molecular complexity index is 549. The summed E-state index contributed by atoms with van der Waals surface area (Å²) >= 11 is 1.24. The number of piperazine rings is 1. The predicted molar refractivity (Wildman–Crippen MR) is 78.6 cm³/mol. The first-order valence-electron chi connectivity index (χ1n) is 6.56. The van der Waals surface area contributed by atoms with Crippen molar-refractivity contribution in [2.75, 3.05) is 38.0 Å². The highest BCUT2D eigenvalue weighted by Crippen LogP contribution is 2.23. The van der Waals surface area contributed by atoms with E-state index in [1.807, 2.05) is 4.90 Å². The van der Waals surface area contributed by atoms with E-state index in [1.165, 1.54) is 18.3 Å². The van der Waals surface area contributed by atoms with E-state index < -0.39 is 5.97 Å². The molecule has 0 bridgehead atoms. The second-order valence-electron chi connectivity index (χ2n) is 4.81. The first-order valence-corrected chi connectivity index (χ1v) is 7.38. The number of carboxylic acids is 1. The van der Waals surface area contributed by atoms with Gasteiger partial charge < -0.3 is 15.3 Å². The number of nitrogens with one attached hydrogen (secondary N) is 1. The number of hydrogen-bond acceptors (Lipinski definition) is 5. The highest BCUT2D eigenvalue weighted by atomic mass is 32.1. The van der Waals surface area contributed by atoms with Crippen molar-refractivity contribution in [1.29, 1.82) is 0 Å². The Labute approximate surface area is 126 Å². The molecule has 1 aromatic rings. The molecular weight excluding hydrogens is 294 g/mol. The van der Waals surface area contributed by atoms with Crippen LogP contribution in [0, 0.1) is 0 Å². The third-order valence-corrected chi connectivity index (χ3v) is 4.12. The van der Waals surface area contributed by atoms with E-state index in [1.54, 1.807) is 17.0 Å². The fourth-order valence-corrected chi connectivity index (χ4v) is 3.07. The van der Waals surface area contributed by atoms with Crippen molar-refractivity contribution >= 4 is 34.1 Å². The van der Waals surface area contributed by atoms with Crippen molar-refractivity contribution < 1.29 is 19.5 Å². The van der Waals surface area contributed by atoms with Gasteiger partial charge in [0.25, 0.3) is 5.91 Å². The SMILES string of the molecule is CC(=O)Nc1ccc(C(=O)N2CCN(CC(=O)O)CC2)s1. The van der Waals surface area contributed by atoms with Crippen molar-refractivity contribution in [3.8, 4) is 0 Å². The molecule has 1 aliphatic heterocycles. The van der Waals surface area contributed by atoms with Gasteiger partial charge in [0.15, 0.2) is 0 Å². The van der Waals surface area contributed by atoms with Crippen LogP contribution in [0.4, 0.5) is 5.00 Å². The second-order valence-corrected chi connectivity index (χ2v) is 5.89. The lowest BCUT2D eigenvalue weighted by molar-refractivity contribution is -0.138. The fourth-order valence-electron chi connectivity index (χ4n) is 2.15. The number of rotatable bonds is 4. The maximum atomic E-state index is 12.3. The Morgan fingerprint density at radius 2 is 1.90 bits per heavy atom. The van der Waals surface area contributed by atoms with E-state index >= 15 is 0 Å². The van der Waals surface area contributed by atoms with Gasteiger partial charge in [0, 0.05) is 33.1 Å². The van der Waals surface area contributed by atoms with Crippen LogP contribution < -0.4 is 5.32 Å². The Morgan fingerprint density at radius 3 is 2.48 bits per heavy atom. The molecule has 2 heterocycles. The van der Waals surface area contributed by atoms with E-state index in [0.717, 1.165) is 0 Å². The summed E-state index contributed by atoms with van der Waals surface area (Å²) in [5.41, 5.74) is 0. The van der Waals surface area contributed by atoms with Gasteiger partial charge in [-0.25, -0.2) is 0 Å². The van der Waals surface area contributed by atoms with Crippen LogP contribution >= 0.6 is 11.3 Å². The predicted octanol–water partition coefficient (Wildman–Crippen LogP) is 0.549. The Hall–Kier alpha value is -1.93. The lowest BCUT2D eigenvalue weighted by Gasteiger charge is -2.33. The summed E-state index contributed by atoms with van der Waals surface area (Å²) in [5.74, 6) is -1.10. The molecule has 1 fully saturated rings. The maximum absolute atomic E-state index is 12.3. The Balaban J connectivity index is 1.91. The smallest absolute Gasteiger partial charge is 0.317 e. The van der Waals surface area contributed by atoms with Gasteiger partial charge in [-0.15, -0.1) is 11.3 Å². The largest absolute Gasteiger partial charge is 0.480 e. The molecule has 8 heteroatoms. The third-order valence-electron chi connectivity index (χ3n) is 3.13. The zero-order chi connectivity index (χ0) is 15.4. The van der Waals surface area contributed by atoms with Crippen LogP contribution in [0.1, 0.15) is 16.6 Å². The number of amides is 2. The number of carbonyl (C=O) groups excluding carboxylic acids is 2. The van der Waals surface area contributed by atoms with Crippen molar-refractivity contribution in [1.82, 2.24) is 9.80 Å². The van der Waals surface area contributed by atoms with Gasteiger partial charge in [-0.3, -0.25) is 19.3 Å². The van der Waals surface area contributed by atoms with Gasteiger partial charge in [-0.05, 0) is 12.1 Å². The van der Waals surface area contributed by atoms with Crippen LogP contribution in [-0.2, 0) is 9.59 Å². The molecule has 0 radical (unpaired) electrons. The minimum absolute atomic E-state index is 0.00765. The van der Waals surface area contributed by atoms with Crippen LogP contribution in [-0.4, -0.2) is 65.4 Å². The zero-order valence-corrected chi connectivity index (χ0v) is 12.5. The fraction of sp³-hybridized carbons (Fsp3) is 0.462. The molecule has 2 amide bonds. The molecule has 0 unspecified atom stereocenters. The Kier molecular flexibility index (Phi) is 4.92. The van der Waals surface area contributed by atoms with Crippen molar-refractivity contribution in [3.05, 3.63) is 17.0 Å². The van der Waals surface area contributed by atoms with Gasteiger partial charge in [0.2, 0.25) is 5.91 Å². The molecular formula is C13H17N3O4S. The maximum Gasteiger partial charge on any atom is 0.317 e. The molecule has 1 aromatic heterocycles. The molecule has 114 valence electrons. The number of anilines is 1. The standard InChI is InChI=1S/C13H17N3O4S/c1-9(17)14-11-3-2-10(21-11)13(20)16-6-4-15(5-7-16)8-12(18)19/h2-3H,4-8H2,1H3,(H,14,17)(H,18,19). The lowest BCUT2D eigenvalue weighted by Crippen LogP contribution is -2.49. The van der Waals surface area contributed by atoms with E-state index in [2.05, 4.69) is 5.32 Å². The number of thiophene rings is 1. The monoisotopic (exact) mass is 311 g/mol. The number of aliphatic carboxylic acids is 1. The van der Waals surface area contributed by atoms with Crippen LogP contribution in [0.2, 0.25) is 0 Å². The number of hydrogen-bond donors (Lipinski definition) is 2. The lowest BCUT2D eigenvalue weighted by atomic mass is 10.3. The van der Waals surface area contributed by atoms with Crippen LogP contribution in [0.5, 0.6) is 0 Å². The van der Waals surface area contributed by atoms with Crippen molar-refractivity contribution in [2.24, 2.45) is 0 Å². The van der Waals surface area contributed by atoms with Crippen molar-refractivity contribution in [2.45, 2.75) is 6.92 Å². The molecule has 0 aromatic carbocycles. The first kappa shape index (κ1) is 15.5. The highest BCUT2D eigenvalue weighted by Gasteiger charge is 2.24. The molecule has 1 saturated heterocycles. The van der Waals surface area contributed by atoms with Crippen LogP contribution in [0.15, 0.2) is 12.1 Å². The molecule has 0 saturated carbocycles. The molecule has 7 nitrogen and oxygen atoms in total. The average Bonchev–Trinajstić information content (AvgIpc) is 2.85. The van der Waals surface area contributed by atoms with E-state index in [9.17, 15) is 14.4 Å². The normalized spacial score (nSPS) is 15.8. The minimum Gasteiger partial charge on any atom is -0.480 e. The van der Waals surface area contributed by atoms with Crippen LogP contribution in [0.25, 0.3) is 0 Å². The summed E-state index contributed by atoms with van der Waals surface area (Å²) in [6, 6.07) is 3.40. The summed E-state index contributed by atoms with van der Waals surface area (Å²) in [7, 11) is 0. The molecule has 21 heavy (non-hydrogen) atoms. The number of carbonyl (C=O) groups is 3. The van der Waals surface area contributed by atoms with Gasteiger partial charge in [0.05, 0.1) is 16.4 Å². The summed E-state index contributed by atoms with van der Waals surface area (Å²) in [5, 5.41) is 12.0. The molecule has 0 atom stereocenters. The Morgan fingerprint density at radius 1 is 1.24 bits per heavy atom. The molecule has 2 N–H and O–H groups in total. The topological polar surface area (TPSA) is 90.0 Å². The molecule has 1 aliphatic rings. The van der Waals surface area contributed by atoms with E-state index in [0.29, 0.717) is 36.1 Å². The summed E-state index contributed by atoms with van der Waals surface area (Å²) in [6.07, 6.45) is 0. The van der Waals surface area contributed by atoms with E-state index in [4.69, 9.17) is 5.11 Å². The first-order chi connectivity index (χ1) is 9.95. The van der Waals surface area contributed by atoms with Gasteiger partial charge in [-0.2, -0.15) is 0 Å². The number of carboxylic acid groups (broad SMARTS) is 1. The summed E-state index contributed by atoms with van der Waals surface area (Å²) in [4.78, 5) is 38.0. The average molecular weight is 311 g/mol. The van der Waals surface area contributed by atoms with Crippen LogP contribution in [0.3, 0.4) is 0 Å². The van der Waals surface area contributed by atoms with Gasteiger partial charge in [-0.1, -0.05) is 0 Å². The van der Waals surface area contributed by atoms with Gasteiger partial charge >= 0.3 is 5.97 Å².